The van der Waals surface area contributed by atoms with E-state index in [9.17, 15) is 0 Å². The topological polar surface area (TPSA) is 22.8 Å². The van der Waals surface area contributed by atoms with Gasteiger partial charge in [-0.3, -0.25) is 4.98 Å². The van der Waals surface area contributed by atoms with Gasteiger partial charge in [-0.25, -0.2) is 0 Å². The molecule has 3 aromatic heterocycles. The fourth-order valence-electron chi connectivity index (χ4n) is 5.93. The lowest BCUT2D eigenvalue weighted by Gasteiger charge is -2.10. The van der Waals surface area contributed by atoms with Crippen molar-refractivity contribution < 1.29 is 0 Å². The summed E-state index contributed by atoms with van der Waals surface area (Å²) in [4.78, 5) is 4.42. The molecule has 0 unspecified atom stereocenters. The van der Waals surface area contributed by atoms with Crippen molar-refractivity contribution in [2.24, 2.45) is 0 Å². The Hall–Kier alpha value is -5.15. The van der Waals surface area contributed by atoms with E-state index in [-0.39, 0.29) is 0 Å². The van der Waals surface area contributed by atoms with Gasteiger partial charge in [0.05, 0.1) is 34.0 Å². The minimum absolute atomic E-state index is 1.06. The molecule has 0 bridgehead atoms. The van der Waals surface area contributed by atoms with Gasteiger partial charge in [-0.15, -0.1) is 0 Å². The van der Waals surface area contributed by atoms with Crippen LogP contribution in [0.25, 0.3) is 66.1 Å². The van der Waals surface area contributed by atoms with E-state index in [4.69, 9.17) is 0 Å². The molecule has 0 atom stereocenters. The summed E-state index contributed by atoms with van der Waals surface area (Å²) in [7, 11) is 0. The average molecular weight is 486 g/mol. The summed E-state index contributed by atoms with van der Waals surface area (Å²) in [6.07, 6.45) is 3.76. The summed E-state index contributed by atoms with van der Waals surface area (Å²) in [5.74, 6) is 0. The number of pyridine rings is 1. The molecule has 0 amide bonds. The Morgan fingerprint density at radius 3 is 1.71 bits per heavy atom. The SMILES string of the molecule is c1ccc(-c2ccc3c(c2)c2cc(-n4c5ccccc5c5ccccc54)ccc2n3-c2cccnc2)cc1. The number of rotatable bonds is 3. The number of para-hydroxylation sites is 2. The lowest BCUT2D eigenvalue weighted by Crippen LogP contribution is -1.96. The maximum Gasteiger partial charge on any atom is 0.0645 e. The number of hydrogen-bond acceptors (Lipinski definition) is 1. The predicted molar refractivity (Wildman–Crippen MR) is 158 cm³/mol. The van der Waals surface area contributed by atoms with Crippen LogP contribution >= 0.6 is 0 Å². The third-order valence-electron chi connectivity index (χ3n) is 7.60. The molecular formula is C35H23N3. The highest BCUT2D eigenvalue weighted by molar-refractivity contribution is 6.12. The Labute approximate surface area is 219 Å². The molecule has 0 radical (unpaired) electrons. The minimum atomic E-state index is 1.06. The lowest BCUT2D eigenvalue weighted by atomic mass is 10.0. The molecule has 8 rings (SSSR count). The fourth-order valence-corrected chi connectivity index (χ4v) is 5.93. The molecule has 0 aliphatic heterocycles. The number of nitrogens with zero attached hydrogens (tertiary/aromatic N) is 3. The number of fused-ring (bicyclic) bond motifs is 6. The Balaban J connectivity index is 1.47. The van der Waals surface area contributed by atoms with Crippen LogP contribution in [-0.4, -0.2) is 14.1 Å². The van der Waals surface area contributed by atoms with E-state index in [1.165, 1.54) is 54.7 Å². The van der Waals surface area contributed by atoms with Crippen molar-refractivity contribution in [1.82, 2.24) is 14.1 Å². The van der Waals surface area contributed by atoms with E-state index in [1.807, 2.05) is 18.5 Å². The molecule has 3 heterocycles. The molecule has 0 N–H and O–H groups in total. The highest BCUT2D eigenvalue weighted by atomic mass is 15.0. The highest BCUT2D eigenvalue weighted by Gasteiger charge is 2.17. The van der Waals surface area contributed by atoms with E-state index in [0.717, 1.165) is 11.4 Å². The van der Waals surface area contributed by atoms with Crippen LogP contribution in [0.5, 0.6) is 0 Å². The third-order valence-corrected chi connectivity index (χ3v) is 7.60. The molecule has 0 saturated carbocycles. The summed E-state index contributed by atoms with van der Waals surface area (Å²) in [6, 6.07) is 45.7. The van der Waals surface area contributed by atoms with Crippen LogP contribution < -0.4 is 0 Å². The summed E-state index contributed by atoms with van der Waals surface area (Å²) < 4.78 is 4.71. The molecular weight excluding hydrogens is 462 g/mol. The molecule has 8 aromatic rings. The van der Waals surface area contributed by atoms with Crippen molar-refractivity contribution in [3.05, 3.63) is 140 Å². The molecule has 0 fully saturated rings. The lowest BCUT2D eigenvalue weighted by molar-refractivity contribution is 1.14. The molecule has 0 saturated heterocycles. The summed E-state index contributed by atoms with van der Waals surface area (Å²) in [6.45, 7) is 0. The van der Waals surface area contributed by atoms with Crippen LogP contribution in [0.4, 0.5) is 0 Å². The Kier molecular flexibility index (Phi) is 4.52. The predicted octanol–water partition coefficient (Wildman–Crippen LogP) is 8.94. The van der Waals surface area contributed by atoms with Crippen LogP contribution in [0.1, 0.15) is 0 Å². The zero-order chi connectivity index (χ0) is 25.1. The third kappa shape index (κ3) is 3.06. The number of aromatic nitrogens is 3. The maximum absolute atomic E-state index is 4.42. The van der Waals surface area contributed by atoms with Gasteiger partial charge in [0.1, 0.15) is 0 Å². The molecule has 38 heavy (non-hydrogen) atoms. The van der Waals surface area contributed by atoms with E-state index < -0.39 is 0 Å². The zero-order valence-electron chi connectivity index (χ0n) is 20.6. The van der Waals surface area contributed by atoms with E-state index in [2.05, 4.69) is 135 Å². The normalized spacial score (nSPS) is 11.7. The van der Waals surface area contributed by atoms with Gasteiger partial charge in [0, 0.05) is 33.4 Å². The van der Waals surface area contributed by atoms with Crippen molar-refractivity contribution in [2.45, 2.75) is 0 Å². The van der Waals surface area contributed by atoms with Crippen molar-refractivity contribution in [3.63, 3.8) is 0 Å². The van der Waals surface area contributed by atoms with Gasteiger partial charge in [-0.2, -0.15) is 0 Å². The number of benzene rings is 5. The van der Waals surface area contributed by atoms with Gasteiger partial charge in [-0.05, 0) is 65.7 Å². The first-order chi connectivity index (χ1) is 18.9. The molecule has 3 nitrogen and oxygen atoms in total. The van der Waals surface area contributed by atoms with Crippen LogP contribution in [0, 0.1) is 0 Å². The van der Waals surface area contributed by atoms with Gasteiger partial charge < -0.3 is 9.13 Å². The molecule has 5 aromatic carbocycles. The Morgan fingerprint density at radius 1 is 0.395 bits per heavy atom. The quantitative estimate of drug-likeness (QED) is 0.245. The Morgan fingerprint density at radius 2 is 1.00 bits per heavy atom. The maximum atomic E-state index is 4.42. The first-order valence-electron chi connectivity index (χ1n) is 12.9. The first-order valence-corrected chi connectivity index (χ1v) is 12.9. The van der Waals surface area contributed by atoms with Gasteiger partial charge in [0.15, 0.2) is 0 Å². The first kappa shape index (κ1) is 21.0. The second-order valence-corrected chi connectivity index (χ2v) is 9.72. The van der Waals surface area contributed by atoms with Crippen molar-refractivity contribution in [1.29, 1.82) is 0 Å². The van der Waals surface area contributed by atoms with Gasteiger partial charge in [0.25, 0.3) is 0 Å². The standard InChI is InChI=1S/C35H23N3/c1-2-9-24(10-3-1)25-16-18-34-30(21-25)31-22-26(17-19-35(31)38(34)27-11-8-20-36-23-27)37-32-14-6-4-12-28(32)29-13-5-7-15-33(29)37/h1-23H. The summed E-state index contributed by atoms with van der Waals surface area (Å²) >= 11 is 0. The zero-order valence-corrected chi connectivity index (χ0v) is 20.6. The van der Waals surface area contributed by atoms with Gasteiger partial charge >= 0.3 is 0 Å². The van der Waals surface area contributed by atoms with E-state index in [1.54, 1.807) is 0 Å². The fraction of sp³-hybridized carbons (Fsp3) is 0. The Bertz CT molecular complexity index is 2060. The summed E-state index contributed by atoms with van der Waals surface area (Å²) in [5.41, 5.74) is 9.42. The number of hydrogen-bond donors (Lipinski definition) is 0. The van der Waals surface area contributed by atoms with Crippen LogP contribution in [-0.2, 0) is 0 Å². The summed E-state index contributed by atoms with van der Waals surface area (Å²) in [5, 5.41) is 4.99. The van der Waals surface area contributed by atoms with E-state index in [0.29, 0.717) is 0 Å². The molecule has 0 aliphatic rings. The molecule has 3 heteroatoms. The van der Waals surface area contributed by atoms with Crippen LogP contribution in [0.3, 0.4) is 0 Å². The average Bonchev–Trinajstić information content (AvgIpc) is 3.50. The monoisotopic (exact) mass is 485 g/mol. The van der Waals surface area contributed by atoms with Gasteiger partial charge in [0.2, 0.25) is 0 Å². The minimum Gasteiger partial charge on any atom is -0.309 e. The van der Waals surface area contributed by atoms with Crippen molar-refractivity contribution in [2.75, 3.05) is 0 Å². The van der Waals surface area contributed by atoms with E-state index >= 15 is 0 Å². The smallest absolute Gasteiger partial charge is 0.0645 e. The van der Waals surface area contributed by atoms with Crippen molar-refractivity contribution >= 4 is 43.6 Å². The van der Waals surface area contributed by atoms with Crippen molar-refractivity contribution in [3.8, 4) is 22.5 Å². The molecule has 0 spiro atoms. The second kappa shape index (κ2) is 8.19. The molecule has 178 valence electrons. The second-order valence-electron chi connectivity index (χ2n) is 9.72. The van der Waals surface area contributed by atoms with Crippen LogP contribution in [0.2, 0.25) is 0 Å². The largest absolute Gasteiger partial charge is 0.309 e. The van der Waals surface area contributed by atoms with Crippen LogP contribution in [0.15, 0.2) is 140 Å². The van der Waals surface area contributed by atoms with Gasteiger partial charge in [-0.1, -0.05) is 72.8 Å². The molecule has 0 aliphatic carbocycles. The highest BCUT2D eigenvalue weighted by Crippen LogP contribution is 2.38.